The average molecular weight is 219 g/mol. The van der Waals surface area contributed by atoms with Crippen molar-refractivity contribution < 1.29 is 0 Å². The van der Waals surface area contributed by atoms with E-state index < -0.39 is 0 Å². The predicted molar refractivity (Wildman–Crippen MR) is 73.9 cm³/mol. The van der Waals surface area contributed by atoms with Crippen LogP contribution in [-0.2, 0) is 6.42 Å². The van der Waals surface area contributed by atoms with Gasteiger partial charge in [-0.15, -0.1) is 0 Å². The second-order valence-corrected chi connectivity index (χ2v) is 4.64. The van der Waals surface area contributed by atoms with Crippen molar-refractivity contribution in [1.82, 2.24) is 4.98 Å². The van der Waals surface area contributed by atoms with E-state index in [9.17, 15) is 0 Å². The fourth-order valence-corrected chi connectivity index (χ4v) is 2.95. The Labute approximate surface area is 99.4 Å². The molecule has 1 aromatic heterocycles. The SMILES string of the molecule is CCc1ccc2[nH]c3cccc4ccc1c2c43. The van der Waals surface area contributed by atoms with Crippen LogP contribution in [-0.4, -0.2) is 4.98 Å². The topological polar surface area (TPSA) is 15.8 Å². The first-order valence-electron chi connectivity index (χ1n) is 6.13. The molecule has 0 radical (unpaired) electrons. The molecule has 0 bridgehead atoms. The van der Waals surface area contributed by atoms with E-state index in [1.165, 1.54) is 38.1 Å². The number of H-pyrrole nitrogens is 1. The fraction of sp³-hybridized carbons (Fsp3) is 0.125. The largest absolute Gasteiger partial charge is 0.354 e. The van der Waals surface area contributed by atoms with Gasteiger partial charge in [0, 0.05) is 21.8 Å². The summed E-state index contributed by atoms with van der Waals surface area (Å²) in [5.74, 6) is 0. The Kier molecular flexibility index (Phi) is 1.60. The Balaban J connectivity index is 2.40. The second-order valence-electron chi connectivity index (χ2n) is 4.64. The molecule has 1 nitrogen and oxygen atoms in total. The molecule has 0 amide bonds. The highest BCUT2D eigenvalue weighted by molar-refractivity contribution is 6.23. The van der Waals surface area contributed by atoms with Crippen LogP contribution in [0.1, 0.15) is 12.5 Å². The molecule has 0 spiro atoms. The third-order valence-corrected chi connectivity index (χ3v) is 3.76. The standard InChI is InChI=1S/C16H13N/c1-2-10-7-9-14-16-12(10)8-6-11-4-3-5-13(17-14)15(11)16/h3-9,17H,2H2,1H3. The number of benzene rings is 3. The molecule has 0 aliphatic carbocycles. The van der Waals surface area contributed by atoms with Crippen LogP contribution in [0, 0.1) is 0 Å². The van der Waals surface area contributed by atoms with Crippen LogP contribution in [0.4, 0.5) is 0 Å². The van der Waals surface area contributed by atoms with Crippen molar-refractivity contribution in [2.75, 3.05) is 0 Å². The van der Waals surface area contributed by atoms with Crippen molar-refractivity contribution in [3.05, 3.63) is 48.0 Å². The minimum absolute atomic E-state index is 1.09. The number of aryl methyl sites for hydroxylation is 1. The highest BCUT2D eigenvalue weighted by Crippen LogP contribution is 2.35. The van der Waals surface area contributed by atoms with Gasteiger partial charge in [-0.25, -0.2) is 0 Å². The van der Waals surface area contributed by atoms with Crippen LogP contribution < -0.4 is 0 Å². The molecule has 1 heterocycles. The molecule has 4 aromatic rings. The number of aromatic nitrogens is 1. The molecule has 0 atom stereocenters. The van der Waals surface area contributed by atoms with E-state index >= 15 is 0 Å². The van der Waals surface area contributed by atoms with Gasteiger partial charge in [0.15, 0.2) is 0 Å². The Bertz CT molecular complexity index is 823. The van der Waals surface area contributed by atoms with Crippen LogP contribution in [0.3, 0.4) is 0 Å². The fourth-order valence-electron chi connectivity index (χ4n) is 2.95. The first-order valence-corrected chi connectivity index (χ1v) is 6.13. The first-order chi connectivity index (χ1) is 8.38. The highest BCUT2D eigenvalue weighted by atomic mass is 14.7. The molecule has 82 valence electrons. The summed E-state index contributed by atoms with van der Waals surface area (Å²) in [7, 11) is 0. The van der Waals surface area contributed by atoms with E-state index in [0.29, 0.717) is 0 Å². The summed E-state index contributed by atoms with van der Waals surface area (Å²) in [6.45, 7) is 2.22. The Morgan fingerprint density at radius 2 is 1.76 bits per heavy atom. The van der Waals surface area contributed by atoms with Crippen LogP contribution in [0.25, 0.3) is 32.6 Å². The van der Waals surface area contributed by atoms with Gasteiger partial charge in [-0.1, -0.05) is 37.3 Å². The highest BCUT2D eigenvalue weighted by Gasteiger charge is 2.11. The quantitative estimate of drug-likeness (QED) is 0.454. The zero-order chi connectivity index (χ0) is 11.4. The summed E-state index contributed by atoms with van der Waals surface area (Å²) in [6, 6.07) is 15.4. The van der Waals surface area contributed by atoms with E-state index in [-0.39, 0.29) is 0 Å². The van der Waals surface area contributed by atoms with Gasteiger partial charge in [-0.3, -0.25) is 0 Å². The van der Waals surface area contributed by atoms with Crippen molar-refractivity contribution in [3.63, 3.8) is 0 Å². The molecule has 0 unspecified atom stereocenters. The lowest BCUT2D eigenvalue weighted by molar-refractivity contribution is 1.16. The van der Waals surface area contributed by atoms with Crippen molar-refractivity contribution in [2.24, 2.45) is 0 Å². The van der Waals surface area contributed by atoms with Gasteiger partial charge in [0.1, 0.15) is 0 Å². The summed E-state index contributed by atoms with van der Waals surface area (Å²) in [4.78, 5) is 3.51. The zero-order valence-electron chi connectivity index (χ0n) is 9.75. The van der Waals surface area contributed by atoms with E-state index in [2.05, 4.69) is 54.4 Å². The summed E-state index contributed by atoms with van der Waals surface area (Å²) >= 11 is 0. The van der Waals surface area contributed by atoms with Crippen molar-refractivity contribution in [2.45, 2.75) is 13.3 Å². The smallest absolute Gasteiger partial charge is 0.0471 e. The molecule has 1 N–H and O–H groups in total. The molecule has 1 heteroatoms. The van der Waals surface area contributed by atoms with Crippen LogP contribution in [0.5, 0.6) is 0 Å². The van der Waals surface area contributed by atoms with Gasteiger partial charge in [0.25, 0.3) is 0 Å². The zero-order valence-corrected chi connectivity index (χ0v) is 9.75. The molecule has 0 saturated carbocycles. The lowest BCUT2D eigenvalue weighted by atomic mass is 9.97. The minimum Gasteiger partial charge on any atom is -0.354 e. The van der Waals surface area contributed by atoms with Crippen LogP contribution in [0.2, 0.25) is 0 Å². The van der Waals surface area contributed by atoms with Gasteiger partial charge in [0.2, 0.25) is 0 Å². The molecule has 0 saturated heterocycles. The minimum atomic E-state index is 1.09. The van der Waals surface area contributed by atoms with Crippen LogP contribution >= 0.6 is 0 Å². The molecule has 0 aliphatic rings. The summed E-state index contributed by atoms with van der Waals surface area (Å²) in [6.07, 6.45) is 1.09. The number of rotatable bonds is 1. The second kappa shape index (κ2) is 3.01. The van der Waals surface area contributed by atoms with E-state index in [1.54, 1.807) is 0 Å². The molecule has 17 heavy (non-hydrogen) atoms. The lowest BCUT2D eigenvalue weighted by Gasteiger charge is -2.05. The molecule has 0 aliphatic heterocycles. The third kappa shape index (κ3) is 1.04. The van der Waals surface area contributed by atoms with Gasteiger partial charge < -0.3 is 4.98 Å². The predicted octanol–water partition coefficient (Wildman–Crippen LogP) is 4.47. The third-order valence-electron chi connectivity index (χ3n) is 3.76. The average Bonchev–Trinajstić information content (AvgIpc) is 2.76. The molecule has 0 fully saturated rings. The maximum atomic E-state index is 3.51. The normalized spacial score (nSPS) is 12.1. The number of hydrogen-bond acceptors (Lipinski definition) is 0. The summed E-state index contributed by atoms with van der Waals surface area (Å²) in [5, 5.41) is 5.51. The Morgan fingerprint density at radius 1 is 0.882 bits per heavy atom. The lowest BCUT2D eigenvalue weighted by Crippen LogP contribution is -1.83. The molecular formula is C16H13N. The number of nitrogens with one attached hydrogen (secondary N) is 1. The van der Waals surface area contributed by atoms with E-state index in [4.69, 9.17) is 0 Å². The van der Waals surface area contributed by atoms with Crippen molar-refractivity contribution in [3.8, 4) is 0 Å². The van der Waals surface area contributed by atoms with E-state index in [0.717, 1.165) is 6.42 Å². The van der Waals surface area contributed by atoms with Crippen molar-refractivity contribution in [1.29, 1.82) is 0 Å². The molecular weight excluding hydrogens is 206 g/mol. The Hall–Kier alpha value is -2.02. The first kappa shape index (κ1) is 9.06. The Morgan fingerprint density at radius 3 is 2.65 bits per heavy atom. The van der Waals surface area contributed by atoms with Crippen LogP contribution in [0.15, 0.2) is 42.5 Å². The number of aromatic amines is 1. The maximum Gasteiger partial charge on any atom is 0.0471 e. The maximum absolute atomic E-state index is 3.51. The summed E-state index contributed by atoms with van der Waals surface area (Å²) < 4.78 is 0. The van der Waals surface area contributed by atoms with Gasteiger partial charge in [-0.05, 0) is 34.9 Å². The molecule has 3 aromatic carbocycles. The van der Waals surface area contributed by atoms with E-state index in [1.807, 2.05) is 0 Å². The molecule has 4 rings (SSSR count). The van der Waals surface area contributed by atoms with Crippen molar-refractivity contribution >= 4 is 32.6 Å². The monoisotopic (exact) mass is 219 g/mol. The van der Waals surface area contributed by atoms with Gasteiger partial charge in [-0.2, -0.15) is 0 Å². The van der Waals surface area contributed by atoms with Gasteiger partial charge in [0.05, 0.1) is 0 Å². The van der Waals surface area contributed by atoms with Gasteiger partial charge >= 0.3 is 0 Å². The number of hydrogen-bond donors (Lipinski definition) is 1. The summed E-state index contributed by atoms with van der Waals surface area (Å²) in [5.41, 5.74) is 3.93.